The first-order valence-electron chi connectivity index (χ1n) is 7.17. The summed E-state index contributed by atoms with van der Waals surface area (Å²) in [6.45, 7) is 1.90. The van der Waals surface area contributed by atoms with E-state index >= 15 is 0 Å². The Morgan fingerprint density at radius 3 is 3.09 bits per heavy atom. The fourth-order valence-electron chi connectivity index (χ4n) is 2.49. The van der Waals surface area contributed by atoms with Crippen LogP contribution in [0.3, 0.4) is 0 Å². The molecule has 6 nitrogen and oxygen atoms in total. The Hall–Kier alpha value is -1.57. The van der Waals surface area contributed by atoms with Crippen LogP contribution in [0.5, 0.6) is 0 Å². The molecule has 0 amide bonds. The highest BCUT2D eigenvalue weighted by Crippen LogP contribution is 2.28. The van der Waals surface area contributed by atoms with Crippen LogP contribution in [0.2, 0.25) is 5.02 Å². The molecule has 0 radical (unpaired) electrons. The second-order valence-corrected chi connectivity index (χ2v) is 6.17. The van der Waals surface area contributed by atoms with Gasteiger partial charge in [-0.05, 0) is 18.4 Å². The van der Waals surface area contributed by atoms with E-state index in [-0.39, 0.29) is 6.04 Å². The largest absolute Gasteiger partial charge is 0.377 e. The van der Waals surface area contributed by atoms with Crippen LogP contribution in [-0.2, 0) is 4.74 Å². The van der Waals surface area contributed by atoms with Crippen molar-refractivity contribution in [1.29, 1.82) is 0 Å². The number of aromatic nitrogens is 2. The van der Waals surface area contributed by atoms with Crippen LogP contribution in [0.15, 0.2) is 33.8 Å². The number of aliphatic imine (C=N–C) groups is 1. The highest BCUT2D eigenvalue weighted by Gasteiger charge is 2.31. The maximum atomic E-state index is 6.02. The molecule has 23 heavy (non-hydrogen) atoms. The Bertz CT molecular complexity index is 706. The second kappa shape index (κ2) is 7.33. The highest BCUT2D eigenvalue weighted by molar-refractivity contribution is 8.13. The lowest BCUT2D eigenvalue weighted by atomic mass is 10.2. The van der Waals surface area contributed by atoms with E-state index in [1.165, 1.54) is 0 Å². The lowest BCUT2D eigenvalue weighted by Crippen LogP contribution is -2.42. The molecule has 1 fully saturated rings. The lowest BCUT2D eigenvalue weighted by molar-refractivity contribution is 0.0154. The van der Waals surface area contributed by atoms with Crippen LogP contribution in [0.1, 0.15) is 11.9 Å². The Labute approximate surface area is 143 Å². The van der Waals surface area contributed by atoms with Gasteiger partial charge in [-0.3, -0.25) is 4.99 Å². The van der Waals surface area contributed by atoms with E-state index in [9.17, 15) is 0 Å². The third-order valence-electron chi connectivity index (χ3n) is 3.56. The number of ether oxygens (including phenoxy) is 1. The summed E-state index contributed by atoms with van der Waals surface area (Å²) < 4.78 is 11.1. The van der Waals surface area contributed by atoms with E-state index in [1.54, 1.807) is 18.8 Å². The maximum Gasteiger partial charge on any atom is 0.252 e. The number of amidine groups is 1. The van der Waals surface area contributed by atoms with E-state index < -0.39 is 0 Å². The smallest absolute Gasteiger partial charge is 0.252 e. The molecule has 0 aliphatic carbocycles. The first kappa shape index (κ1) is 16.3. The van der Waals surface area contributed by atoms with Crippen molar-refractivity contribution in [2.24, 2.45) is 4.99 Å². The number of hydrogen-bond donors (Lipinski definition) is 0. The highest BCUT2D eigenvalue weighted by atomic mass is 35.5. The molecule has 0 bridgehead atoms. The average molecular weight is 353 g/mol. The number of benzene rings is 1. The van der Waals surface area contributed by atoms with E-state index in [1.807, 2.05) is 30.5 Å². The van der Waals surface area contributed by atoms with E-state index in [2.05, 4.69) is 20.0 Å². The summed E-state index contributed by atoms with van der Waals surface area (Å²) in [6.07, 6.45) is 2.00. The summed E-state index contributed by atoms with van der Waals surface area (Å²) in [6, 6.07) is 7.25. The van der Waals surface area contributed by atoms with Gasteiger partial charge in [0.1, 0.15) is 6.04 Å². The second-order valence-electron chi connectivity index (χ2n) is 4.96. The molecular formula is C15H17ClN4O2S. The minimum atomic E-state index is -0.129. The Morgan fingerprint density at radius 2 is 2.35 bits per heavy atom. The molecule has 2 aromatic rings. The van der Waals surface area contributed by atoms with Crippen molar-refractivity contribution in [3.8, 4) is 11.4 Å². The molecule has 1 aliphatic heterocycles. The van der Waals surface area contributed by atoms with Gasteiger partial charge in [0.05, 0.1) is 13.2 Å². The fraction of sp³-hybridized carbons (Fsp3) is 0.400. The van der Waals surface area contributed by atoms with Crippen molar-refractivity contribution in [2.75, 3.05) is 33.1 Å². The summed E-state index contributed by atoms with van der Waals surface area (Å²) in [4.78, 5) is 11.0. The van der Waals surface area contributed by atoms with Gasteiger partial charge in [-0.25, -0.2) is 0 Å². The number of rotatable bonds is 2. The summed E-state index contributed by atoms with van der Waals surface area (Å²) >= 11 is 7.61. The zero-order valence-corrected chi connectivity index (χ0v) is 14.5. The van der Waals surface area contributed by atoms with Gasteiger partial charge in [-0.15, -0.1) is 0 Å². The van der Waals surface area contributed by atoms with Crippen LogP contribution in [0, 0.1) is 0 Å². The predicted molar refractivity (Wildman–Crippen MR) is 91.9 cm³/mol. The molecule has 1 aromatic carbocycles. The minimum Gasteiger partial charge on any atom is -0.377 e. The van der Waals surface area contributed by atoms with Gasteiger partial charge < -0.3 is 14.2 Å². The van der Waals surface area contributed by atoms with E-state index in [0.29, 0.717) is 30.0 Å². The van der Waals surface area contributed by atoms with Crippen molar-refractivity contribution >= 4 is 28.5 Å². The Balaban J connectivity index is 1.88. The number of nitrogens with zero attached hydrogens (tertiary/aromatic N) is 4. The van der Waals surface area contributed by atoms with Crippen LogP contribution >= 0.6 is 23.4 Å². The van der Waals surface area contributed by atoms with Gasteiger partial charge >= 0.3 is 0 Å². The van der Waals surface area contributed by atoms with Crippen molar-refractivity contribution in [3.63, 3.8) is 0 Å². The van der Waals surface area contributed by atoms with Crippen LogP contribution in [-0.4, -0.2) is 53.3 Å². The molecule has 0 saturated carbocycles. The molecule has 0 N–H and O–H groups in total. The molecule has 1 atom stereocenters. The molecule has 1 unspecified atom stereocenters. The van der Waals surface area contributed by atoms with E-state index in [0.717, 1.165) is 17.3 Å². The molecule has 122 valence electrons. The first-order valence-corrected chi connectivity index (χ1v) is 8.78. The SMILES string of the molecule is CN=C(SC)N1CCOCC1c1nc(-c2cccc(Cl)c2)no1. The zero-order chi connectivity index (χ0) is 16.2. The maximum absolute atomic E-state index is 6.02. The number of morpholine rings is 1. The monoisotopic (exact) mass is 352 g/mol. The summed E-state index contributed by atoms with van der Waals surface area (Å²) in [5.41, 5.74) is 0.824. The summed E-state index contributed by atoms with van der Waals surface area (Å²) in [7, 11) is 1.78. The van der Waals surface area contributed by atoms with Gasteiger partial charge in [-0.1, -0.05) is 40.7 Å². The molecule has 8 heteroatoms. The first-order chi connectivity index (χ1) is 11.2. The summed E-state index contributed by atoms with van der Waals surface area (Å²) in [5, 5.41) is 5.64. The molecule has 0 spiro atoms. The average Bonchev–Trinajstić information content (AvgIpc) is 3.06. The quantitative estimate of drug-likeness (QED) is 0.611. The van der Waals surface area contributed by atoms with Crippen molar-refractivity contribution < 1.29 is 9.26 Å². The third kappa shape index (κ3) is 3.52. The van der Waals surface area contributed by atoms with Crippen molar-refractivity contribution in [1.82, 2.24) is 15.0 Å². The van der Waals surface area contributed by atoms with Crippen molar-refractivity contribution in [3.05, 3.63) is 35.2 Å². The normalized spacial score (nSPS) is 19.2. The van der Waals surface area contributed by atoms with Crippen LogP contribution < -0.4 is 0 Å². The van der Waals surface area contributed by atoms with Crippen LogP contribution in [0.25, 0.3) is 11.4 Å². The standard InChI is InChI=1S/C15H17ClN4O2S/c1-17-15(23-2)20-6-7-21-9-12(20)14-18-13(19-22-14)10-4-3-5-11(16)8-10/h3-5,8,12H,6-7,9H2,1-2H3. The molecule has 1 aliphatic rings. The van der Waals surface area contributed by atoms with Gasteiger partial charge in [0.15, 0.2) is 5.17 Å². The molecule has 1 saturated heterocycles. The molecule has 3 rings (SSSR count). The van der Waals surface area contributed by atoms with Crippen LogP contribution in [0.4, 0.5) is 0 Å². The van der Waals surface area contributed by atoms with Gasteiger partial charge in [0.2, 0.25) is 5.82 Å². The topological polar surface area (TPSA) is 63.8 Å². The van der Waals surface area contributed by atoms with Gasteiger partial charge in [-0.2, -0.15) is 4.98 Å². The molecule has 1 aromatic heterocycles. The number of halogens is 1. The predicted octanol–water partition coefficient (Wildman–Crippen LogP) is 3.11. The van der Waals surface area contributed by atoms with E-state index in [4.69, 9.17) is 20.9 Å². The van der Waals surface area contributed by atoms with Gasteiger partial charge in [0, 0.05) is 24.2 Å². The Kier molecular flexibility index (Phi) is 5.20. The lowest BCUT2D eigenvalue weighted by Gasteiger charge is -2.34. The Morgan fingerprint density at radius 1 is 1.48 bits per heavy atom. The molecule has 2 heterocycles. The van der Waals surface area contributed by atoms with Crippen molar-refractivity contribution in [2.45, 2.75) is 6.04 Å². The third-order valence-corrected chi connectivity index (χ3v) is 4.57. The number of hydrogen-bond acceptors (Lipinski definition) is 6. The minimum absolute atomic E-state index is 0.129. The molecular weight excluding hydrogens is 336 g/mol. The zero-order valence-electron chi connectivity index (χ0n) is 12.9. The fourth-order valence-corrected chi connectivity index (χ4v) is 3.32. The number of thioether (sulfide) groups is 1. The van der Waals surface area contributed by atoms with Gasteiger partial charge in [0.25, 0.3) is 5.89 Å². The summed E-state index contributed by atoms with van der Waals surface area (Å²) in [5.74, 6) is 1.04.